The van der Waals surface area contributed by atoms with Crippen molar-refractivity contribution in [1.29, 1.82) is 0 Å². The average Bonchev–Trinajstić information content (AvgIpc) is 1.38. The second-order valence-electron chi connectivity index (χ2n) is 1.80. The van der Waals surface area contributed by atoms with Crippen molar-refractivity contribution in [2.45, 2.75) is 25.0 Å². The molecule has 5 heavy (non-hydrogen) atoms. The smallest absolute Gasteiger partial charge is 1.00 e. The topological polar surface area (TPSA) is 0 Å². The summed E-state index contributed by atoms with van der Waals surface area (Å²) in [4.78, 5) is 0. The normalized spacial score (nSPS) is 15.6. The first kappa shape index (κ1) is 5.54. The maximum absolute atomic E-state index is 2.31. The molecule has 0 fully saturated rings. The van der Waals surface area contributed by atoms with Crippen LogP contribution < -0.4 is 0 Å². The molecule has 0 saturated heterocycles. The van der Waals surface area contributed by atoms with Gasteiger partial charge in [-0.1, -0.05) is 0 Å². The Morgan fingerprint density at radius 1 is 2.00 bits per heavy atom. The maximum Gasteiger partial charge on any atom is -1.00 e. The SMILES string of the molecule is CC[CH](C)[GeH3].[H-]. The minimum Gasteiger partial charge on any atom is -1.00 e. The molecular formula is C4H13Ge-. The van der Waals surface area contributed by atoms with Gasteiger partial charge < -0.3 is 1.43 Å². The van der Waals surface area contributed by atoms with Crippen molar-refractivity contribution in [3.63, 3.8) is 0 Å². The fourth-order valence-corrected chi connectivity index (χ4v) is 0. The van der Waals surface area contributed by atoms with E-state index >= 15 is 0 Å². The fourth-order valence-electron chi connectivity index (χ4n) is 0. The fraction of sp³-hybridized carbons (Fsp3) is 1.00. The molecule has 0 N–H and O–H groups in total. The number of hydrogen-bond acceptors (Lipinski definition) is 0. The van der Waals surface area contributed by atoms with Gasteiger partial charge in [0.25, 0.3) is 0 Å². The zero-order valence-corrected chi connectivity index (χ0v) is 8.48. The molecule has 0 aromatic carbocycles. The first-order chi connectivity index (χ1) is 2.27. The first-order valence-electron chi connectivity index (χ1n) is 2.27. The molecule has 0 heterocycles. The van der Waals surface area contributed by atoms with Gasteiger partial charge in [-0.3, -0.25) is 0 Å². The van der Waals surface area contributed by atoms with Crippen LogP contribution in [0.2, 0.25) is 4.75 Å². The third kappa shape index (κ3) is 4.54. The second-order valence-corrected chi connectivity index (χ2v) is 5.94. The average molecular weight is 134 g/mol. The number of hydrogen-bond donors (Lipinski definition) is 0. The van der Waals surface area contributed by atoms with Gasteiger partial charge in [0.05, 0.1) is 0 Å². The van der Waals surface area contributed by atoms with E-state index in [0.29, 0.717) is 0 Å². The minimum atomic E-state index is 0. The van der Waals surface area contributed by atoms with Crippen molar-refractivity contribution in [3.8, 4) is 0 Å². The van der Waals surface area contributed by atoms with Gasteiger partial charge in [-0.2, -0.15) is 0 Å². The molecule has 34 valence electrons. The summed E-state index contributed by atoms with van der Waals surface area (Å²) in [6.07, 6.45) is 1.39. The Morgan fingerprint density at radius 3 is 2.20 bits per heavy atom. The minimum absolute atomic E-state index is 0. The van der Waals surface area contributed by atoms with Crippen molar-refractivity contribution < 1.29 is 1.43 Å². The zero-order chi connectivity index (χ0) is 4.28. The van der Waals surface area contributed by atoms with E-state index in [-0.39, 0.29) is 1.43 Å². The standard InChI is InChI=1S/C4H12Ge.H/c1-3-4(2)5;/h4H,3H2,1-2,5H3;/q;-1. The van der Waals surface area contributed by atoms with Crippen molar-refractivity contribution >= 4 is 16.5 Å². The van der Waals surface area contributed by atoms with Crippen LogP contribution in [-0.2, 0) is 0 Å². The first-order valence-corrected chi connectivity index (χ1v) is 4.69. The molecule has 0 aromatic rings. The molecule has 0 rings (SSSR count). The molecule has 1 unspecified atom stereocenters. The zero-order valence-electron chi connectivity index (χ0n) is 5.28. The van der Waals surface area contributed by atoms with E-state index in [1.807, 2.05) is 0 Å². The van der Waals surface area contributed by atoms with E-state index in [1.165, 1.54) is 6.42 Å². The van der Waals surface area contributed by atoms with E-state index in [9.17, 15) is 0 Å². The summed E-state index contributed by atoms with van der Waals surface area (Å²) in [5.41, 5.74) is 0. The molecule has 0 saturated carbocycles. The van der Waals surface area contributed by atoms with Crippen LogP contribution in [0.1, 0.15) is 21.7 Å². The Bertz CT molecular complexity index is 21.5. The van der Waals surface area contributed by atoms with Crippen molar-refractivity contribution in [3.05, 3.63) is 0 Å². The summed E-state index contributed by atoms with van der Waals surface area (Å²) >= 11 is 1.07. The van der Waals surface area contributed by atoms with Gasteiger partial charge >= 0.3 is 41.5 Å². The summed E-state index contributed by atoms with van der Waals surface area (Å²) in [6.45, 7) is 4.55. The summed E-state index contributed by atoms with van der Waals surface area (Å²) in [5, 5.41) is 0. The molecule has 0 aromatic heterocycles. The van der Waals surface area contributed by atoms with Gasteiger partial charge in [-0.15, -0.1) is 0 Å². The van der Waals surface area contributed by atoms with Crippen LogP contribution in [0.15, 0.2) is 0 Å². The molecule has 0 aliphatic heterocycles. The van der Waals surface area contributed by atoms with E-state index in [1.54, 1.807) is 0 Å². The predicted molar refractivity (Wildman–Crippen MR) is 30.8 cm³/mol. The predicted octanol–water partition coefficient (Wildman–Crippen LogP) is 0.683. The Morgan fingerprint density at radius 2 is 2.20 bits per heavy atom. The largest absolute Gasteiger partial charge is 1.00 e. The molecule has 0 aliphatic rings. The molecule has 0 nitrogen and oxygen atoms in total. The summed E-state index contributed by atoms with van der Waals surface area (Å²) in [5.74, 6) is 0. The monoisotopic (exact) mass is 135 g/mol. The molecule has 0 bridgehead atoms. The Labute approximate surface area is 43.7 Å². The van der Waals surface area contributed by atoms with Gasteiger partial charge in [-0.05, 0) is 0 Å². The van der Waals surface area contributed by atoms with E-state index in [2.05, 4.69) is 13.8 Å². The summed E-state index contributed by atoms with van der Waals surface area (Å²) in [6, 6.07) is 0. The van der Waals surface area contributed by atoms with E-state index < -0.39 is 0 Å². The molecule has 1 heteroatoms. The van der Waals surface area contributed by atoms with Crippen LogP contribution in [0.25, 0.3) is 0 Å². The summed E-state index contributed by atoms with van der Waals surface area (Å²) in [7, 11) is 0. The van der Waals surface area contributed by atoms with Gasteiger partial charge in [0.2, 0.25) is 0 Å². The Kier molecular flexibility index (Phi) is 3.06. The van der Waals surface area contributed by atoms with Gasteiger partial charge in [0, 0.05) is 0 Å². The van der Waals surface area contributed by atoms with Crippen LogP contribution in [-0.4, -0.2) is 16.5 Å². The Balaban J connectivity index is 0. The van der Waals surface area contributed by atoms with Gasteiger partial charge in [0.15, 0.2) is 0 Å². The third-order valence-corrected chi connectivity index (χ3v) is 2.53. The molecule has 1 atom stereocenters. The Hall–Kier alpha value is 0.543. The maximum atomic E-state index is 2.31. The molecule has 0 radical (unpaired) electrons. The molecular weight excluding hydrogens is 121 g/mol. The van der Waals surface area contributed by atoms with Gasteiger partial charge in [-0.25, -0.2) is 0 Å². The molecule has 0 spiro atoms. The molecule has 0 amide bonds. The van der Waals surface area contributed by atoms with Crippen molar-refractivity contribution in [2.75, 3.05) is 0 Å². The van der Waals surface area contributed by atoms with Crippen molar-refractivity contribution in [2.24, 2.45) is 0 Å². The number of rotatable bonds is 1. The van der Waals surface area contributed by atoms with E-state index in [4.69, 9.17) is 0 Å². The van der Waals surface area contributed by atoms with Crippen LogP contribution in [0, 0.1) is 0 Å². The van der Waals surface area contributed by atoms with E-state index in [0.717, 1.165) is 21.3 Å². The summed E-state index contributed by atoms with van der Waals surface area (Å²) < 4.78 is 1.07. The van der Waals surface area contributed by atoms with Gasteiger partial charge in [0.1, 0.15) is 0 Å². The second kappa shape index (κ2) is 2.76. The van der Waals surface area contributed by atoms with Crippen LogP contribution in [0.5, 0.6) is 0 Å². The molecule has 0 aliphatic carbocycles. The third-order valence-electron chi connectivity index (χ3n) is 0.816. The van der Waals surface area contributed by atoms with Crippen LogP contribution in [0.3, 0.4) is 0 Å². The van der Waals surface area contributed by atoms with Crippen LogP contribution in [0.4, 0.5) is 0 Å². The van der Waals surface area contributed by atoms with Crippen molar-refractivity contribution in [1.82, 2.24) is 0 Å². The quantitative estimate of drug-likeness (QED) is 0.462. The van der Waals surface area contributed by atoms with Crippen LogP contribution >= 0.6 is 0 Å².